The van der Waals surface area contributed by atoms with Crippen molar-refractivity contribution < 1.29 is 22.7 Å². The zero-order valence-electron chi connectivity index (χ0n) is 14.1. The lowest BCUT2D eigenvalue weighted by Crippen LogP contribution is -2.39. The van der Waals surface area contributed by atoms with E-state index in [4.69, 9.17) is 5.11 Å². The van der Waals surface area contributed by atoms with Crippen molar-refractivity contribution in [2.24, 2.45) is 5.92 Å². The van der Waals surface area contributed by atoms with Gasteiger partial charge in [-0.1, -0.05) is 30.3 Å². The zero-order chi connectivity index (χ0) is 18.7. The Morgan fingerprint density at radius 1 is 1.12 bits per heavy atom. The number of benzene rings is 2. The number of carboxylic acid groups (broad SMARTS) is 1. The fourth-order valence-corrected chi connectivity index (χ4v) is 4.83. The lowest BCUT2D eigenvalue weighted by molar-refractivity contribution is 0.0696. The van der Waals surface area contributed by atoms with Gasteiger partial charge in [-0.3, -0.25) is 0 Å². The van der Waals surface area contributed by atoms with Crippen LogP contribution in [-0.2, 0) is 16.4 Å². The van der Waals surface area contributed by atoms with E-state index in [0.717, 1.165) is 24.6 Å². The minimum Gasteiger partial charge on any atom is -0.478 e. The van der Waals surface area contributed by atoms with Crippen LogP contribution >= 0.6 is 0 Å². The fraction of sp³-hybridized carbons (Fsp3) is 0.316. The van der Waals surface area contributed by atoms with Crippen molar-refractivity contribution in [1.29, 1.82) is 0 Å². The Kier molecular flexibility index (Phi) is 5.38. The topological polar surface area (TPSA) is 74.7 Å². The third kappa shape index (κ3) is 3.94. The molecule has 3 rings (SSSR count). The van der Waals surface area contributed by atoms with E-state index in [1.807, 2.05) is 18.2 Å². The number of carbonyl (C=O) groups is 1. The van der Waals surface area contributed by atoms with Crippen molar-refractivity contribution in [3.05, 3.63) is 65.5 Å². The standard InChI is InChI=1S/C19H20FNO4S/c20-17-7-6-16(19(22)23)13-18(17)26(24,25)21-10-8-15(9-11-21)12-14-4-2-1-3-5-14/h1-7,13,15H,8-12H2,(H,22,23). The first-order chi connectivity index (χ1) is 12.4. The molecule has 0 atom stereocenters. The van der Waals surface area contributed by atoms with Crippen molar-refractivity contribution in [3.63, 3.8) is 0 Å². The number of sulfonamides is 1. The second-order valence-electron chi connectivity index (χ2n) is 6.49. The SMILES string of the molecule is O=C(O)c1ccc(F)c(S(=O)(=O)N2CCC(Cc3ccccc3)CC2)c1. The number of nitrogens with zero attached hydrogens (tertiary/aromatic N) is 1. The summed E-state index contributed by atoms with van der Waals surface area (Å²) < 4.78 is 40.8. The molecule has 0 unspecified atom stereocenters. The Morgan fingerprint density at radius 3 is 2.38 bits per heavy atom. The summed E-state index contributed by atoms with van der Waals surface area (Å²) in [5.74, 6) is -1.84. The molecule has 1 saturated heterocycles. The monoisotopic (exact) mass is 377 g/mol. The average Bonchev–Trinajstić information content (AvgIpc) is 2.63. The van der Waals surface area contributed by atoms with Crippen LogP contribution in [0.25, 0.3) is 0 Å². The highest BCUT2D eigenvalue weighted by molar-refractivity contribution is 7.89. The lowest BCUT2D eigenvalue weighted by Gasteiger charge is -2.31. The molecule has 1 aliphatic heterocycles. The highest BCUT2D eigenvalue weighted by Gasteiger charge is 2.32. The maximum absolute atomic E-state index is 14.0. The number of hydrogen-bond donors (Lipinski definition) is 1. The summed E-state index contributed by atoms with van der Waals surface area (Å²) in [5, 5.41) is 9.02. The molecule has 0 bridgehead atoms. The molecule has 0 aromatic heterocycles. The van der Waals surface area contributed by atoms with E-state index in [1.165, 1.54) is 9.87 Å². The molecule has 7 heteroatoms. The van der Waals surface area contributed by atoms with E-state index in [9.17, 15) is 17.6 Å². The molecule has 5 nitrogen and oxygen atoms in total. The lowest BCUT2D eigenvalue weighted by atomic mass is 9.91. The van der Waals surface area contributed by atoms with E-state index < -0.39 is 26.7 Å². The van der Waals surface area contributed by atoms with Crippen molar-refractivity contribution in [2.75, 3.05) is 13.1 Å². The molecule has 2 aromatic carbocycles. The maximum atomic E-state index is 14.0. The van der Waals surface area contributed by atoms with Gasteiger partial charge in [-0.2, -0.15) is 4.31 Å². The van der Waals surface area contributed by atoms with Gasteiger partial charge in [-0.05, 0) is 48.9 Å². The second-order valence-corrected chi connectivity index (χ2v) is 8.39. The van der Waals surface area contributed by atoms with Crippen LogP contribution in [0.5, 0.6) is 0 Å². The predicted octanol–water partition coefficient (Wildman–Crippen LogP) is 3.17. The van der Waals surface area contributed by atoms with Gasteiger partial charge in [0.15, 0.2) is 0 Å². The van der Waals surface area contributed by atoms with Crippen molar-refractivity contribution in [1.82, 2.24) is 4.31 Å². The molecular weight excluding hydrogens is 357 g/mol. The van der Waals surface area contributed by atoms with Gasteiger partial charge < -0.3 is 5.11 Å². The van der Waals surface area contributed by atoms with Gasteiger partial charge in [0.25, 0.3) is 0 Å². The average molecular weight is 377 g/mol. The van der Waals surface area contributed by atoms with E-state index in [2.05, 4.69) is 12.1 Å². The molecule has 0 radical (unpaired) electrons. The van der Waals surface area contributed by atoms with Gasteiger partial charge in [0.05, 0.1) is 5.56 Å². The number of piperidine rings is 1. The molecule has 0 spiro atoms. The van der Waals surface area contributed by atoms with Gasteiger partial charge in [0, 0.05) is 13.1 Å². The Bertz CT molecular complexity index is 891. The van der Waals surface area contributed by atoms with E-state index in [-0.39, 0.29) is 5.56 Å². The van der Waals surface area contributed by atoms with Crippen LogP contribution in [0.2, 0.25) is 0 Å². The van der Waals surface area contributed by atoms with E-state index in [0.29, 0.717) is 31.8 Å². The van der Waals surface area contributed by atoms with Crippen LogP contribution in [0.15, 0.2) is 53.4 Å². The summed E-state index contributed by atoms with van der Waals surface area (Å²) in [6, 6.07) is 12.9. The molecule has 0 aliphatic carbocycles. The van der Waals surface area contributed by atoms with Crippen LogP contribution in [0.1, 0.15) is 28.8 Å². The van der Waals surface area contributed by atoms with Gasteiger partial charge in [-0.15, -0.1) is 0 Å². The molecule has 0 saturated carbocycles. The number of rotatable bonds is 5. The largest absolute Gasteiger partial charge is 0.478 e. The fourth-order valence-electron chi connectivity index (χ4n) is 3.27. The summed E-state index contributed by atoms with van der Waals surface area (Å²) in [6.45, 7) is 0.604. The Morgan fingerprint density at radius 2 is 1.77 bits per heavy atom. The van der Waals surface area contributed by atoms with Gasteiger partial charge in [0.1, 0.15) is 10.7 Å². The molecule has 1 heterocycles. The van der Waals surface area contributed by atoms with Gasteiger partial charge >= 0.3 is 5.97 Å². The number of aromatic carboxylic acids is 1. The minimum absolute atomic E-state index is 0.246. The highest BCUT2D eigenvalue weighted by Crippen LogP contribution is 2.27. The molecule has 26 heavy (non-hydrogen) atoms. The Balaban J connectivity index is 1.72. The molecule has 0 amide bonds. The first-order valence-electron chi connectivity index (χ1n) is 8.45. The predicted molar refractivity (Wildman–Crippen MR) is 95.0 cm³/mol. The van der Waals surface area contributed by atoms with Gasteiger partial charge in [-0.25, -0.2) is 17.6 Å². The summed E-state index contributed by atoms with van der Waals surface area (Å²) in [6.07, 6.45) is 2.26. The Labute approximate surface area is 152 Å². The van der Waals surface area contributed by atoms with Crippen molar-refractivity contribution in [2.45, 2.75) is 24.2 Å². The quantitative estimate of drug-likeness (QED) is 0.869. The maximum Gasteiger partial charge on any atom is 0.335 e. The number of halogens is 1. The normalized spacial score (nSPS) is 16.5. The number of hydrogen-bond acceptors (Lipinski definition) is 3. The van der Waals surface area contributed by atoms with Crippen LogP contribution in [0.3, 0.4) is 0 Å². The van der Waals surface area contributed by atoms with Crippen LogP contribution in [0.4, 0.5) is 4.39 Å². The summed E-state index contributed by atoms with van der Waals surface area (Å²) >= 11 is 0. The van der Waals surface area contributed by atoms with Crippen molar-refractivity contribution in [3.8, 4) is 0 Å². The molecular formula is C19H20FNO4S. The van der Waals surface area contributed by atoms with Crippen LogP contribution in [-0.4, -0.2) is 36.9 Å². The van der Waals surface area contributed by atoms with Crippen molar-refractivity contribution >= 4 is 16.0 Å². The third-order valence-corrected chi connectivity index (χ3v) is 6.65. The molecule has 2 aromatic rings. The van der Waals surface area contributed by atoms with Crippen LogP contribution < -0.4 is 0 Å². The van der Waals surface area contributed by atoms with Gasteiger partial charge in [0.2, 0.25) is 10.0 Å². The summed E-state index contributed by atoms with van der Waals surface area (Å²) in [4.78, 5) is 10.5. The first-order valence-corrected chi connectivity index (χ1v) is 9.89. The minimum atomic E-state index is -4.05. The van der Waals surface area contributed by atoms with E-state index >= 15 is 0 Å². The van der Waals surface area contributed by atoms with Crippen LogP contribution in [0, 0.1) is 11.7 Å². The summed E-state index contributed by atoms with van der Waals surface area (Å²) in [7, 11) is -4.05. The highest BCUT2D eigenvalue weighted by atomic mass is 32.2. The molecule has 138 valence electrons. The second kappa shape index (κ2) is 7.55. The number of carboxylic acids is 1. The molecule has 1 N–H and O–H groups in total. The van der Waals surface area contributed by atoms with E-state index in [1.54, 1.807) is 0 Å². The first kappa shape index (κ1) is 18.5. The summed E-state index contributed by atoms with van der Waals surface area (Å²) in [5.41, 5.74) is 0.970. The third-order valence-electron chi connectivity index (χ3n) is 4.74. The molecule has 1 aliphatic rings. The zero-order valence-corrected chi connectivity index (χ0v) is 15.0. The Hall–Kier alpha value is -2.25. The molecule has 1 fully saturated rings. The smallest absolute Gasteiger partial charge is 0.335 e.